The molecule has 3 rings (SSSR count). The van der Waals surface area contributed by atoms with Crippen LogP contribution in [0.3, 0.4) is 0 Å². The molecule has 0 aromatic heterocycles. The Bertz CT molecular complexity index is 1000. The van der Waals surface area contributed by atoms with E-state index in [1.54, 1.807) is 24.3 Å². The molecule has 2 aromatic rings. The molecule has 156 valence electrons. The summed E-state index contributed by atoms with van der Waals surface area (Å²) in [6.07, 6.45) is 3.26. The van der Waals surface area contributed by atoms with Crippen LogP contribution in [0.5, 0.6) is 11.5 Å². The topological polar surface area (TPSA) is 55.8 Å². The number of rotatable bonds is 8. The highest BCUT2D eigenvalue weighted by Gasteiger charge is 2.35. The first-order valence-electron chi connectivity index (χ1n) is 9.44. The highest BCUT2D eigenvalue weighted by atomic mass is 35.5. The van der Waals surface area contributed by atoms with E-state index in [4.69, 9.17) is 21.1 Å². The van der Waals surface area contributed by atoms with Crippen LogP contribution in [0, 0.1) is 6.92 Å². The summed E-state index contributed by atoms with van der Waals surface area (Å²) in [6, 6.07) is 11.2. The summed E-state index contributed by atoms with van der Waals surface area (Å²) in [4.78, 5) is 26.8. The Hall–Kier alpha value is -2.70. The average Bonchev–Trinajstić information content (AvgIpc) is 2.96. The lowest BCUT2D eigenvalue weighted by atomic mass is 10.1. The van der Waals surface area contributed by atoms with Gasteiger partial charge in [0.05, 0.1) is 23.1 Å². The van der Waals surface area contributed by atoms with Gasteiger partial charge in [0.15, 0.2) is 11.5 Å². The normalized spacial score (nSPS) is 15.0. The molecule has 1 saturated heterocycles. The summed E-state index contributed by atoms with van der Waals surface area (Å²) in [6.45, 7) is 8.43. The van der Waals surface area contributed by atoms with Crippen molar-refractivity contribution in [3.8, 4) is 11.5 Å². The number of hydrogen-bond donors (Lipinski definition) is 0. The summed E-state index contributed by atoms with van der Waals surface area (Å²) >= 11 is 7.28. The molecule has 7 heteroatoms. The number of halogens is 1. The molecule has 0 aliphatic carbocycles. The van der Waals surface area contributed by atoms with E-state index < -0.39 is 0 Å². The van der Waals surface area contributed by atoms with E-state index in [9.17, 15) is 9.59 Å². The van der Waals surface area contributed by atoms with Crippen molar-refractivity contribution in [3.63, 3.8) is 0 Å². The van der Waals surface area contributed by atoms with Gasteiger partial charge in [-0.2, -0.15) is 0 Å². The van der Waals surface area contributed by atoms with Gasteiger partial charge >= 0.3 is 0 Å². The van der Waals surface area contributed by atoms with Gasteiger partial charge in [-0.15, -0.1) is 0 Å². The van der Waals surface area contributed by atoms with Crippen LogP contribution in [0.1, 0.15) is 23.6 Å². The van der Waals surface area contributed by atoms with Crippen molar-refractivity contribution in [1.29, 1.82) is 0 Å². The maximum atomic E-state index is 12.8. The molecule has 1 aliphatic heterocycles. The molecule has 0 N–H and O–H groups in total. The summed E-state index contributed by atoms with van der Waals surface area (Å²) in [5, 5.41) is 0.0572. The fourth-order valence-corrected chi connectivity index (χ4v) is 3.99. The largest absolute Gasteiger partial charge is 0.490 e. The van der Waals surface area contributed by atoms with Gasteiger partial charge in [-0.25, -0.2) is 0 Å². The SMILES string of the molecule is C=CCOc1c(Cl)cc(/C=C2\SC(=O)N(Cc3ccc(C)cc3)C2=O)cc1OCC. The number of ether oxygens (including phenoxy) is 2. The molecule has 1 fully saturated rings. The van der Waals surface area contributed by atoms with Gasteiger partial charge in [0.1, 0.15) is 6.61 Å². The molecule has 5 nitrogen and oxygen atoms in total. The van der Waals surface area contributed by atoms with Gasteiger partial charge in [0, 0.05) is 0 Å². The lowest BCUT2D eigenvalue weighted by Gasteiger charge is -2.14. The van der Waals surface area contributed by atoms with E-state index in [2.05, 4.69) is 6.58 Å². The van der Waals surface area contributed by atoms with Crippen LogP contribution in [0.25, 0.3) is 6.08 Å². The van der Waals surface area contributed by atoms with E-state index in [1.165, 1.54) is 4.90 Å². The molecule has 2 amide bonds. The standard InChI is InChI=1S/C23H22ClNO4S/c1-4-10-29-21-18(24)11-17(12-19(21)28-5-2)13-20-22(26)25(23(27)30-20)14-16-8-6-15(3)7-9-16/h4,6-9,11-13H,1,5,10,14H2,2-3H3/b20-13-. The smallest absolute Gasteiger partial charge is 0.293 e. The van der Waals surface area contributed by atoms with Crippen molar-refractivity contribution >= 4 is 40.6 Å². The number of nitrogens with zero attached hydrogens (tertiary/aromatic N) is 1. The number of carbonyl (C=O) groups excluding carboxylic acids is 2. The predicted molar refractivity (Wildman–Crippen MR) is 121 cm³/mol. The second-order valence-corrected chi connectivity index (χ2v) is 8.02. The molecule has 30 heavy (non-hydrogen) atoms. The van der Waals surface area contributed by atoms with Gasteiger partial charge in [-0.3, -0.25) is 14.5 Å². The molecule has 1 heterocycles. The van der Waals surface area contributed by atoms with Gasteiger partial charge in [-0.05, 0) is 54.9 Å². The van der Waals surface area contributed by atoms with Gasteiger partial charge in [0.2, 0.25) is 0 Å². The van der Waals surface area contributed by atoms with Crippen molar-refractivity contribution in [2.75, 3.05) is 13.2 Å². The minimum absolute atomic E-state index is 0.238. The number of amides is 2. The minimum atomic E-state index is -0.327. The molecule has 0 atom stereocenters. The quantitative estimate of drug-likeness (QED) is 0.378. The van der Waals surface area contributed by atoms with Gasteiger partial charge < -0.3 is 9.47 Å². The Morgan fingerprint density at radius 1 is 1.17 bits per heavy atom. The van der Waals surface area contributed by atoms with Crippen molar-refractivity contribution in [2.24, 2.45) is 0 Å². The first-order chi connectivity index (χ1) is 14.4. The highest BCUT2D eigenvalue weighted by molar-refractivity contribution is 8.18. The van der Waals surface area contributed by atoms with Crippen molar-refractivity contribution < 1.29 is 19.1 Å². The fraction of sp³-hybridized carbons (Fsp3) is 0.217. The third kappa shape index (κ3) is 5.07. The highest BCUT2D eigenvalue weighted by Crippen LogP contribution is 2.39. The summed E-state index contributed by atoms with van der Waals surface area (Å²) in [7, 11) is 0. The van der Waals surface area contributed by atoms with Crippen LogP contribution in [-0.2, 0) is 11.3 Å². The van der Waals surface area contributed by atoms with E-state index in [1.807, 2.05) is 38.1 Å². The Balaban J connectivity index is 1.85. The van der Waals surface area contributed by atoms with Crippen molar-refractivity contribution in [1.82, 2.24) is 4.90 Å². The zero-order valence-electron chi connectivity index (χ0n) is 16.8. The predicted octanol–water partition coefficient (Wildman–Crippen LogP) is 5.85. The Kier molecular flexibility index (Phi) is 7.24. The lowest BCUT2D eigenvalue weighted by Crippen LogP contribution is -2.27. The summed E-state index contributed by atoms with van der Waals surface area (Å²) < 4.78 is 11.2. The molecule has 2 aromatic carbocycles. The number of benzene rings is 2. The summed E-state index contributed by atoms with van der Waals surface area (Å²) in [5.74, 6) is 0.562. The molecule has 1 aliphatic rings. The summed E-state index contributed by atoms with van der Waals surface area (Å²) in [5.41, 5.74) is 2.67. The second-order valence-electron chi connectivity index (χ2n) is 6.62. The van der Waals surface area contributed by atoms with E-state index in [0.29, 0.717) is 33.6 Å². The Morgan fingerprint density at radius 2 is 1.90 bits per heavy atom. The first-order valence-corrected chi connectivity index (χ1v) is 10.6. The molecular weight excluding hydrogens is 422 g/mol. The molecule has 0 bridgehead atoms. The molecule has 0 unspecified atom stereocenters. The third-order valence-electron chi connectivity index (χ3n) is 4.31. The molecule has 0 saturated carbocycles. The van der Waals surface area contributed by atoms with Crippen LogP contribution in [-0.4, -0.2) is 29.3 Å². The van der Waals surface area contributed by atoms with E-state index in [-0.39, 0.29) is 24.3 Å². The monoisotopic (exact) mass is 443 g/mol. The first kappa shape index (κ1) is 22.0. The molecule has 0 radical (unpaired) electrons. The zero-order chi connectivity index (χ0) is 21.7. The minimum Gasteiger partial charge on any atom is -0.490 e. The number of aryl methyl sites for hydroxylation is 1. The number of thioether (sulfide) groups is 1. The van der Waals surface area contributed by atoms with E-state index >= 15 is 0 Å². The second kappa shape index (κ2) is 9.87. The van der Waals surface area contributed by atoms with Crippen LogP contribution in [0.4, 0.5) is 4.79 Å². The Morgan fingerprint density at radius 3 is 2.57 bits per heavy atom. The maximum absolute atomic E-state index is 12.8. The molecule has 0 spiro atoms. The van der Waals surface area contributed by atoms with Crippen LogP contribution < -0.4 is 9.47 Å². The van der Waals surface area contributed by atoms with Crippen LogP contribution >= 0.6 is 23.4 Å². The third-order valence-corrected chi connectivity index (χ3v) is 5.50. The zero-order valence-corrected chi connectivity index (χ0v) is 18.4. The van der Waals surface area contributed by atoms with E-state index in [0.717, 1.165) is 22.9 Å². The maximum Gasteiger partial charge on any atom is 0.293 e. The van der Waals surface area contributed by atoms with Gasteiger partial charge in [-0.1, -0.05) is 54.1 Å². The van der Waals surface area contributed by atoms with Crippen LogP contribution in [0.2, 0.25) is 5.02 Å². The van der Waals surface area contributed by atoms with Crippen molar-refractivity contribution in [3.05, 3.63) is 75.7 Å². The van der Waals surface area contributed by atoms with Gasteiger partial charge in [0.25, 0.3) is 11.1 Å². The number of imide groups is 1. The number of hydrogen-bond acceptors (Lipinski definition) is 5. The fourth-order valence-electron chi connectivity index (χ4n) is 2.88. The molecular formula is C23H22ClNO4S. The lowest BCUT2D eigenvalue weighted by molar-refractivity contribution is -0.123. The average molecular weight is 444 g/mol. The van der Waals surface area contributed by atoms with Crippen LogP contribution in [0.15, 0.2) is 54.0 Å². The van der Waals surface area contributed by atoms with Crippen molar-refractivity contribution in [2.45, 2.75) is 20.4 Å². The number of carbonyl (C=O) groups is 2. The Labute approximate surface area is 185 Å².